The number of benzene rings is 1. The standard InChI is InChI=1S/C13H16BrFN2O/c14-9-4-5-10(15)12(7-9)17-13(18)6-8-2-1-3-11(8)16/h4-5,7-8,11H,1-3,6,16H2,(H,17,18)/t8-,11+/m0/s1. The fraction of sp³-hybridized carbons (Fsp3) is 0.462. The topological polar surface area (TPSA) is 55.1 Å². The summed E-state index contributed by atoms with van der Waals surface area (Å²) in [4.78, 5) is 11.8. The van der Waals surface area contributed by atoms with Gasteiger partial charge in [0, 0.05) is 16.9 Å². The first-order chi connectivity index (χ1) is 8.56. The molecule has 2 atom stereocenters. The smallest absolute Gasteiger partial charge is 0.224 e. The molecule has 0 unspecified atom stereocenters. The minimum Gasteiger partial charge on any atom is -0.327 e. The van der Waals surface area contributed by atoms with Gasteiger partial charge in [0.1, 0.15) is 5.82 Å². The summed E-state index contributed by atoms with van der Waals surface area (Å²) >= 11 is 3.25. The molecule has 3 nitrogen and oxygen atoms in total. The summed E-state index contributed by atoms with van der Waals surface area (Å²) in [6, 6.07) is 4.57. The molecule has 1 aliphatic carbocycles. The summed E-state index contributed by atoms with van der Waals surface area (Å²) in [7, 11) is 0. The van der Waals surface area contributed by atoms with E-state index in [-0.39, 0.29) is 23.6 Å². The Kier molecular flexibility index (Phi) is 4.35. The minimum absolute atomic E-state index is 0.100. The Morgan fingerprint density at radius 3 is 2.94 bits per heavy atom. The van der Waals surface area contributed by atoms with Crippen molar-refractivity contribution in [3.05, 3.63) is 28.5 Å². The lowest BCUT2D eigenvalue weighted by atomic mass is 10.00. The Hall–Kier alpha value is -0.940. The van der Waals surface area contributed by atoms with Crippen LogP contribution < -0.4 is 11.1 Å². The van der Waals surface area contributed by atoms with E-state index in [2.05, 4.69) is 21.2 Å². The highest BCUT2D eigenvalue weighted by atomic mass is 79.9. The largest absolute Gasteiger partial charge is 0.327 e. The van der Waals surface area contributed by atoms with Crippen LogP contribution in [0.1, 0.15) is 25.7 Å². The third-order valence-electron chi connectivity index (χ3n) is 3.37. The normalized spacial score (nSPS) is 23.1. The zero-order valence-corrected chi connectivity index (χ0v) is 11.5. The van der Waals surface area contributed by atoms with Gasteiger partial charge in [0.25, 0.3) is 0 Å². The van der Waals surface area contributed by atoms with E-state index in [1.54, 1.807) is 12.1 Å². The van der Waals surface area contributed by atoms with Crippen molar-refractivity contribution < 1.29 is 9.18 Å². The predicted octanol–water partition coefficient (Wildman–Crippen LogP) is 3.04. The average Bonchev–Trinajstić information content (AvgIpc) is 2.70. The second-order valence-corrected chi connectivity index (χ2v) is 5.65. The van der Waals surface area contributed by atoms with Gasteiger partial charge in [-0.15, -0.1) is 0 Å². The fourth-order valence-corrected chi connectivity index (χ4v) is 2.71. The molecule has 5 heteroatoms. The number of hydrogen-bond acceptors (Lipinski definition) is 2. The molecular formula is C13H16BrFN2O. The van der Waals surface area contributed by atoms with Crippen LogP contribution in [0.25, 0.3) is 0 Å². The predicted molar refractivity (Wildman–Crippen MR) is 72.7 cm³/mol. The molecule has 1 amide bonds. The number of nitrogens with one attached hydrogen (secondary N) is 1. The maximum Gasteiger partial charge on any atom is 0.224 e. The molecule has 0 saturated heterocycles. The Morgan fingerprint density at radius 2 is 2.28 bits per heavy atom. The molecule has 0 radical (unpaired) electrons. The fourth-order valence-electron chi connectivity index (χ4n) is 2.35. The summed E-state index contributed by atoms with van der Waals surface area (Å²) in [6.07, 6.45) is 3.40. The number of hydrogen-bond donors (Lipinski definition) is 2. The van der Waals surface area contributed by atoms with Gasteiger partial charge >= 0.3 is 0 Å². The highest BCUT2D eigenvalue weighted by Gasteiger charge is 2.26. The van der Waals surface area contributed by atoms with Crippen molar-refractivity contribution in [2.45, 2.75) is 31.7 Å². The van der Waals surface area contributed by atoms with E-state index >= 15 is 0 Å². The molecule has 1 aliphatic rings. The van der Waals surface area contributed by atoms with Gasteiger partial charge in [0.15, 0.2) is 0 Å². The van der Waals surface area contributed by atoms with Crippen LogP contribution in [0.2, 0.25) is 0 Å². The summed E-state index contributed by atoms with van der Waals surface area (Å²) in [5, 5.41) is 2.60. The van der Waals surface area contributed by atoms with Crippen molar-refractivity contribution in [1.82, 2.24) is 0 Å². The summed E-state index contributed by atoms with van der Waals surface area (Å²) in [5.74, 6) is -0.378. The molecule has 0 spiro atoms. The lowest BCUT2D eigenvalue weighted by molar-refractivity contribution is -0.117. The number of halogens is 2. The van der Waals surface area contributed by atoms with Crippen LogP contribution in [0.5, 0.6) is 0 Å². The molecule has 0 aliphatic heterocycles. The Balaban J connectivity index is 1.96. The molecule has 98 valence electrons. The van der Waals surface area contributed by atoms with Crippen LogP contribution in [-0.2, 0) is 4.79 Å². The van der Waals surface area contributed by atoms with Crippen molar-refractivity contribution in [3.63, 3.8) is 0 Å². The number of carbonyl (C=O) groups is 1. The van der Waals surface area contributed by atoms with Gasteiger partial charge in [-0.3, -0.25) is 4.79 Å². The quantitative estimate of drug-likeness (QED) is 0.901. The zero-order chi connectivity index (χ0) is 13.1. The molecule has 1 fully saturated rings. The number of amides is 1. The van der Waals surface area contributed by atoms with Crippen LogP contribution in [0, 0.1) is 11.7 Å². The Labute approximate surface area is 114 Å². The van der Waals surface area contributed by atoms with Gasteiger partial charge < -0.3 is 11.1 Å². The Bertz CT molecular complexity index is 453. The third-order valence-corrected chi connectivity index (χ3v) is 3.86. The third kappa shape index (κ3) is 3.29. The number of rotatable bonds is 3. The van der Waals surface area contributed by atoms with Crippen molar-refractivity contribution in [1.29, 1.82) is 0 Å². The van der Waals surface area contributed by atoms with Gasteiger partial charge in [-0.25, -0.2) is 4.39 Å². The molecule has 1 aromatic carbocycles. The monoisotopic (exact) mass is 314 g/mol. The van der Waals surface area contributed by atoms with Gasteiger partial charge in [-0.1, -0.05) is 22.4 Å². The highest BCUT2D eigenvalue weighted by molar-refractivity contribution is 9.10. The molecule has 3 N–H and O–H groups in total. The molecular weight excluding hydrogens is 299 g/mol. The SMILES string of the molecule is N[C@@H]1CCC[C@H]1CC(=O)Nc1cc(Br)ccc1F. The molecule has 1 saturated carbocycles. The van der Waals surface area contributed by atoms with Gasteiger partial charge in [-0.05, 0) is 37.0 Å². The van der Waals surface area contributed by atoms with Crippen LogP contribution in [0.15, 0.2) is 22.7 Å². The van der Waals surface area contributed by atoms with E-state index in [9.17, 15) is 9.18 Å². The Morgan fingerprint density at radius 1 is 1.50 bits per heavy atom. The first-order valence-electron chi connectivity index (χ1n) is 6.07. The first-order valence-corrected chi connectivity index (χ1v) is 6.86. The molecule has 1 aromatic rings. The number of anilines is 1. The van der Waals surface area contributed by atoms with E-state index in [1.165, 1.54) is 6.07 Å². The van der Waals surface area contributed by atoms with Crippen molar-refractivity contribution in [3.8, 4) is 0 Å². The van der Waals surface area contributed by atoms with Crippen LogP contribution >= 0.6 is 15.9 Å². The molecule has 18 heavy (non-hydrogen) atoms. The van der Waals surface area contributed by atoms with Gasteiger partial charge in [0.05, 0.1) is 5.69 Å². The van der Waals surface area contributed by atoms with E-state index in [0.717, 1.165) is 23.7 Å². The second kappa shape index (κ2) is 5.80. The minimum atomic E-state index is -0.428. The lowest BCUT2D eigenvalue weighted by Crippen LogP contribution is -2.28. The maximum atomic E-state index is 13.5. The van der Waals surface area contributed by atoms with Crippen molar-refractivity contribution in [2.75, 3.05) is 5.32 Å². The van der Waals surface area contributed by atoms with Crippen LogP contribution in [0.4, 0.5) is 10.1 Å². The molecule has 0 bridgehead atoms. The summed E-state index contributed by atoms with van der Waals surface area (Å²) in [6.45, 7) is 0. The maximum absolute atomic E-state index is 13.5. The van der Waals surface area contributed by atoms with E-state index in [4.69, 9.17) is 5.73 Å². The van der Waals surface area contributed by atoms with E-state index in [0.29, 0.717) is 6.42 Å². The zero-order valence-electron chi connectivity index (χ0n) is 9.96. The average molecular weight is 315 g/mol. The van der Waals surface area contributed by atoms with Crippen molar-refractivity contribution >= 4 is 27.5 Å². The lowest BCUT2D eigenvalue weighted by Gasteiger charge is -2.15. The number of carbonyl (C=O) groups excluding carboxylic acids is 1. The van der Waals surface area contributed by atoms with Gasteiger partial charge in [-0.2, -0.15) is 0 Å². The van der Waals surface area contributed by atoms with Crippen LogP contribution in [0.3, 0.4) is 0 Å². The molecule has 2 rings (SSSR count). The number of nitrogens with two attached hydrogens (primary N) is 1. The first kappa shape index (κ1) is 13.5. The van der Waals surface area contributed by atoms with E-state index < -0.39 is 5.82 Å². The van der Waals surface area contributed by atoms with E-state index in [1.807, 2.05) is 0 Å². The highest BCUT2D eigenvalue weighted by Crippen LogP contribution is 2.27. The van der Waals surface area contributed by atoms with Crippen LogP contribution in [-0.4, -0.2) is 11.9 Å². The molecule has 0 heterocycles. The summed E-state index contributed by atoms with van der Waals surface area (Å²) < 4.78 is 14.2. The van der Waals surface area contributed by atoms with Gasteiger partial charge in [0.2, 0.25) is 5.91 Å². The molecule has 0 aromatic heterocycles. The second-order valence-electron chi connectivity index (χ2n) is 4.73. The summed E-state index contributed by atoms with van der Waals surface area (Å²) in [5.41, 5.74) is 6.12. The van der Waals surface area contributed by atoms with Crippen molar-refractivity contribution in [2.24, 2.45) is 11.7 Å².